The topological polar surface area (TPSA) is 58.6 Å². The molecule has 2 rings (SSSR count). The number of benzene rings is 1. The van der Waals surface area contributed by atoms with Gasteiger partial charge in [0, 0.05) is 26.2 Å². The largest absolute Gasteiger partial charge is 0.379 e. The highest BCUT2D eigenvalue weighted by molar-refractivity contribution is 7.89. The van der Waals surface area contributed by atoms with Gasteiger partial charge >= 0.3 is 0 Å². The van der Waals surface area contributed by atoms with E-state index in [1.165, 1.54) is 0 Å². The van der Waals surface area contributed by atoms with Crippen LogP contribution >= 0.6 is 0 Å². The lowest BCUT2D eigenvalue weighted by molar-refractivity contribution is 0.0390. The van der Waals surface area contributed by atoms with E-state index in [0.717, 1.165) is 0 Å². The predicted octanol–water partition coefficient (Wildman–Crippen LogP) is 0.714. The van der Waals surface area contributed by atoms with E-state index in [1.54, 1.807) is 0 Å². The van der Waals surface area contributed by atoms with Gasteiger partial charge in [0.1, 0.15) is 4.90 Å². The van der Waals surface area contributed by atoms with Gasteiger partial charge in [-0.15, -0.1) is 0 Å². The van der Waals surface area contributed by atoms with Gasteiger partial charge in [-0.2, -0.15) is 0 Å². The molecule has 118 valence electrons. The van der Waals surface area contributed by atoms with Crippen molar-refractivity contribution in [3.05, 3.63) is 29.6 Å². The number of ether oxygens (including phenoxy) is 1. The highest BCUT2D eigenvalue weighted by Gasteiger charge is 2.23. The molecule has 0 radical (unpaired) electrons. The third-order valence-electron chi connectivity index (χ3n) is 3.11. The highest BCUT2D eigenvalue weighted by atomic mass is 32.2. The Hall–Kier alpha value is -1.16. The van der Waals surface area contributed by atoms with Crippen LogP contribution in [0.5, 0.6) is 0 Å². The first-order valence-corrected chi connectivity index (χ1v) is 7.83. The lowest BCUT2D eigenvalue weighted by Gasteiger charge is -2.26. The van der Waals surface area contributed by atoms with E-state index in [9.17, 15) is 21.6 Å². The zero-order valence-electron chi connectivity index (χ0n) is 11.1. The number of sulfonamides is 1. The average molecular weight is 324 g/mol. The van der Waals surface area contributed by atoms with Gasteiger partial charge in [0.05, 0.1) is 13.2 Å². The summed E-state index contributed by atoms with van der Waals surface area (Å²) in [6, 6.07) is 1.28. The van der Waals surface area contributed by atoms with Crippen molar-refractivity contribution in [3.8, 4) is 0 Å². The number of nitrogens with one attached hydrogen (secondary N) is 1. The Bertz CT molecular complexity index is 604. The second-order valence-electron chi connectivity index (χ2n) is 4.53. The summed E-state index contributed by atoms with van der Waals surface area (Å²) in [5.41, 5.74) is 0. The van der Waals surface area contributed by atoms with E-state index >= 15 is 0 Å². The van der Waals surface area contributed by atoms with Gasteiger partial charge in [-0.3, -0.25) is 4.90 Å². The number of rotatable bonds is 5. The molecule has 0 atom stereocenters. The number of halogens is 3. The van der Waals surface area contributed by atoms with Gasteiger partial charge in [0.2, 0.25) is 10.0 Å². The summed E-state index contributed by atoms with van der Waals surface area (Å²) >= 11 is 0. The zero-order chi connectivity index (χ0) is 15.5. The SMILES string of the molecule is O=S(=O)(NCCN1CCOCC1)c1ccc(F)c(F)c1F. The molecule has 0 aromatic heterocycles. The van der Waals surface area contributed by atoms with Gasteiger partial charge < -0.3 is 4.74 Å². The molecule has 1 aromatic carbocycles. The van der Waals surface area contributed by atoms with Crippen molar-refractivity contribution in [2.75, 3.05) is 39.4 Å². The average Bonchev–Trinajstić information content (AvgIpc) is 2.45. The van der Waals surface area contributed by atoms with E-state index in [-0.39, 0.29) is 6.54 Å². The molecule has 21 heavy (non-hydrogen) atoms. The molecular weight excluding hydrogens is 309 g/mol. The van der Waals surface area contributed by atoms with E-state index in [4.69, 9.17) is 4.74 Å². The molecule has 1 N–H and O–H groups in total. The van der Waals surface area contributed by atoms with Gasteiger partial charge in [-0.05, 0) is 12.1 Å². The van der Waals surface area contributed by atoms with E-state index in [2.05, 4.69) is 4.72 Å². The standard InChI is InChI=1S/C12H15F3N2O3S/c13-9-1-2-10(12(15)11(9)14)21(18,19)16-3-4-17-5-7-20-8-6-17/h1-2,16H,3-8H2. The number of nitrogens with zero attached hydrogens (tertiary/aromatic N) is 1. The maximum atomic E-state index is 13.5. The molecule has 0 aliphatic carbocycles. The van der Waals surface area contributed by atoms with Gasteiger partial charge in [-0.25, -0.2) is 26.3 Å². The van der Waals surface area contributed by atoms with Crippen molar-refractivity contribution < 1.29 is 26.3 Å². The summed E-state index contributed by atoms with van der Waals surface area (Å²) in [6.07, 6.45) is 0. The molecular formula is C12H15F3N2O3S. The minimum absolute atomic E-state index is 0.0424. The first-order chi connectivity index (χ1) is 9.92. The van der Waals surface area contributed by atoms with Crippen LogP contribution in [0.2, 0.25) is 0 Å². The Morgan fingerprint density at radius 3 is 2.48 bits per heavy atom. The Balaban J connectivity index is 2.00. The Kier molecular flexibility index (Phi) is 5.20. The first kappa shape index (κ1) is 16.2. The molecule has 1 heterocycles. The van der Waals surface area contributed by atoms with Crippen LogP contribution in [0.15, 0.2) is 17.0 Å². The van der Waals surface area contributed by atoms with E-state index in [0.29, 0.717) is 45.0 Å². The fourth-order valence-corrected chi connectivity index (χ4v) is 3.04. The summed E-state index contributed by atoms with van der Waals surface area (Å²) < 4.78 is 70.4. The number of hydrogen-bond acceptors (Lipinski definition) is 4. The van der Waals surface area contributed by atoms with Gasteiger partial charge in [-0.1, -0.05) is 0 Å². The summed E-state index contributed by atoms with van der Waals surface area (Å²) in [5.74, 6) is -4.94. The van der Waals surface area contributed by atoms with Crippen LogP contribution < -0.4 is 4.72 Å². The molecule has 9 heteroatoms. The zero-order valence-corrected chi connectivity index (χ0v) is 11.9. The fourth-order valence-electron chi connectivity index (χ4n) is 1.96. The monoisotopic (exact) mass is 324 g/mol. The minimum atomic E-state index is -4.22. The molecule has 0 bridgehead atoms. The van der Waals surface area contributed by atoms with Crippen LogP contribution in [0.25, 0.3) is 0 Å². The Labute approximate surface area is 120 Å². The van der Waals surface area contributed by atoms with Crippen molar-refractivity contribution in [1.82, 2.24) is 9.62 Å². The molecule has 0 unspecified atom stereocenters. The molecule has 0 saturated carbocycles. The maximum Gasteiger partial charge on any atom is 0.243 e. The number of morpholine rings is 1. The molecule has 1 fully saturated rings. The van der Waals surface area contributed by atoms with Crippen molar-refractivity contribution in [2.45, 2.75) is 4.90 Å². The molecule has 0 spiro atoms. The lowest BCUT2D eigenvalue weighted by Crippen LogP contribution is -2.41. The molecule has 1 aromatic rings. The van der Waals surface area contributed by atoms with Gasteiger partial charge in [0.25, 0.3) is 0 Å². The van der Waals surface area contributed by atoms with Crippen LogP contribution in [-0.4, -0.2) is 52.7 Å². The fraction of sp³-hybridized carbons (Fsp3) is 0.500. The third kappa shape index (κ3) is 3.94. The second kappa shape index (κ2) is 6.73. The van der Waals surface area contributed by atoms with Crippen LogP contribution in [0, 0.1) is 17.5 Å². The summed E-state index contributed by atoms with van der Waals surface area (Å²) in [6.45, 7) is 2.98. The van der Waals surface area contributed by atoms with Crippen molar-refractivity contribution in [3.63, 3.8) is 0 Å². The molecule has 1 aliphatic heterocycles. The van der Waals surface area contributed by atoms with Crippen LogP contribution in [0.3, 0.4) is 0 Å². The van der Waals surface area contributed by atoms with E-state index in [1.807, 2.05) is 4.90 Å². The van der Waals surface area contributed by atoms with E-state index < -0.39 is 32.4 Å². The minimum Gasteiger partial charge on any atom is -0.379 e. The lowest BCUT2D eigenvalue weighted by atomic mass is 10.3. The molecule has 1 saturated heterocycles. The first-order valence-electron chi connectivity index (χ1n) is 6.35. The molecule has 0 amide bonds. The Morgan fingerprint density at radius 2 is 1.81 bits per heavy atom. The molecule has 5 nitrogen and oxygen atoms in total. The number of hydrogen-bond donors (Lipinski definition) is 1. The van der Waals surface area contributed by atoms with Crippen LogP contribution in [0.1, 0.15) is 0 Å². The normalized spacial score (nSPS) is 17.1. The van der Waals surface area contributed by atoms with Crippen LogP contribution in [-0.2, 0) is 14.8 Å². The van der Waals surface area contributed by atoms with Crippen molar-refractivity contribution in [1.29, 1.82) is 0 Å². The van der Waals surface area contributed by atoms with Crippen molar-refractivity contribution in [2.24, 2.45) is 0 Å². The quantitative estimate of drug-likeness (QED) is 0.811. The predicted molar refractivity (Wildman–Crippen MR) is 68.8 cm³/mol. The maximum absolute atomic E-state index is 13.5. The summed E-state index contributed by atoms with van der Waals surface area (Å²) in [4.78, 5) is 1.08. The van der Waals surface area contributed by atoms with Gasteiger partial charge in [0.15, 0.2) is 17.5 Å². The summed E-state index contributed by atoms with van der Waals surface area (Å²) in [7, 11) is -4.22. The third-order valence-corrected chi connectivity index (χ3v) is 4.59. The smallest absolute Gasteiger partial charge is 0.243 e. The Morgan fingerprint density at radius 1 is 1.14 bits per heavy atom. The summed E-state index contributed by atoms with van der Waals surface area (Å²) in [5, 5.41) is 0. The highest BCUT2D eigenvalue weighted by Crippen LogP contribution is 2.19. The van der Waals surface area contributed by atoms with Crippen LogP contribution in [0.4, 0.5) is 13.2 Å². The second-order valence-corrected chi connectivity index (χ2v) is 6.26. The molecule has 1 aliphatic rings. The van der Waals surface area contributed by atoms with Crippen molar-refractivity contribution >= 4 is 10.0 Å².